The summed E-state index contributed by atoms with van der Waals surface area (Å²) in [7, 11) is 0. The highest BCUT2D eigenvalue weighted by Gasteiger charge is 2.31. The highest BCUT2D eigenvalue weighted by atomic mass is 35.5. The van der Waals surface area contributed by atoms with E-state index in [-0.39, 0.29) is 24.3 Å². The molecule has 0 radical (unpaired) electrons. The van der Waals surface area contributed by atoms with Gasteiger partial charge in [0, 0.05) is 23.9 Å². The summed E-state index contributed by atoms with van der Waals surface area (Å²) in [6.07, 6.45) is 0.432. The first-order valence-corrected chi connectivity index (χ1v) is 6.66. The van der Waals surface area contributed by atoms with Crippen molar-refractivity contribution in [1.82, 2.24) is 4.90 Å². The van der Waals surface area contributed by atoms with Crippen molar-refractivity contribution in [2.75, 3.05) is 19.7 Å². The number of esters is 1. The van der Waals surface area contributed by atoms with Crippen LogP contribution in [0.15, 0.2) is 24.3 Å². The second-order valence-electron chi connectivity index (χ2n) is 4.53. The summed E-state index contributed by atoms with van der Waals surface area (Å²) >= 11 is 5.84. The average Bonchev–Trinajstić information content (AvgIpc) is 2.72. The van der Waals surface area contributed by atoms with Gasteiger partial charge in [-0.1, -0.05) is 23.7 Å². The van der Waals surface area contributed by atoms with Crippen LogP contribution in [0.5, 0.6) is 0 Å². The number of likely N-dealkylation sites (tertiary alicyclic amines) is 1. The molecule has 1 aromatic rings. The number of carbonyl (C=O) groups is 2. The van der Waals surface area contributed by atoms with E-state index in [4.69, 9.17) is 16.3 Å². The van der Waals surface area contributed by atoms with Gasteiger partial charge in [-0.3, -0.25) is 9.59 Å². The fourth-order valence-corrected chi connectivity index (χ4v) is 2.37. The summed E-state index contributed by atoms with van der Waals surface area (Å²) in [6, 6.07) is 7.48. The van der Waals surface area contributed by atoms with E-state index >= 15 is 0 Å². The van der Waals surface area contributed by atoms with Crippen LogP contribution >= 0.6 is 11.6 Å². The van der Waals surface area contributed by atoms with E-state index in [9.17, 15) is 9.59 Å². The van der Waals surface area contributed by atoms with Crippen molar-refractivity contribution in [3.05, 3.63) is 34.9 Å². The summed E-state index contributed by atoms with van der Waals surface area (Å²) in [4.78, 5) is 24.8. The molecule has 0 bridgehead atoms. The van der Waals surface area contributed by atoms with Crippen LogP contribution in [-0.4, -0.2) is 36.5 Å². The number of hydrogen-bond donors (Lipinski definition) is 0. The average molecular weight is 282 g/mol. The number of rotatable bonds is 4. The van der Waals surface area contributed by atoms with Crippen LogP contribution < -0.4 is 0 Å². The lowest BCUT2D eigenvalue weighted by molar-refractivity contribution is -0.147. The predicted octanol–water partition coefficient (Wildman–Crippen LogP) is 2.22. The lowest BCUT2D eigenvalue weighted by Crippen LogP contribution is -2.32. The SMILES string of the molecule is CCOC(=O)CN1CC(c2ccc(Cl)cc2)CC1=O. The molecule has 4 nitrogen and oxygen atoms in total. The number of nitrogens with zero attached hydrogens (tertiary/aromatic N) is 1. The van der Waals surface area contributed by atoms with Gasteiger partial charge in [-0.25, -0.2) is 0 Å². The molecular weight excluding hydrogens is 266 g/mol. The second-order valence-corrected chi connectivity index (χ2v) is 4.97. The summed E-state index contributed by atoms with van der Waals surface area (Å²) in [5.41, 5.74) is 1.07. The zero-order chi connectivity index (χ0) is 13.8. The molecule has 2 rings (SSSR count). The van der Waals surface area contributed by atoms with Crippen LogP contribution in [0.4, 0.5) is 0 Å². The predicted molar refractivity (Wildman–Crippen MR) is 72.0 cm³/mol. The van der Waals surface area contributed by atoms with Crippen molar-refractivity contribution in [3.8, 4) is 0 Å². The number of hydrogen-bond acceptors (Lipinski definition) is 3. The maximum atomic E-state index is 11.9. The first kappa shape index (κ1) is 13.9. The van der Waals surface area contributed by atoms with Crippen molar-refractivity contribution in [1.29, 1.82) is 0 Å². The van der Waals surface area contributed by atoms with Gasteiger partial charge < -0.3 is 9.64 Å². The van der Waals surface area contributed by atoms with Crippen LogP contribution in [0.1, 0.15) is 24.8 Å². The van der Waals surface area contributed by atoms with Gasteiger partial charge in [0.15, 0.2) is 0 Å². The Morgan fingerprint density at radius 3 is 2.74 bits per heavy atom. The van der Waals surface area contributed by atoms with E-state index in [1.54, 1.807) is 11.8 Å². The number of amides is 1. The molecule has 0 spiro atoms. The largest absolute Gasteiger partial charge is 0.465 e. The van der Waals surface area contributed by atoms with E-state index in [2.05, 4.69) is 0 Å². The summed E-state index contributed by atoms with van der Waals surface area (Å²) in [5, 5.41) is 0.677. The molecule has 0 aromatic heterocycles. The van der Waals surface area contributed by atoms with E-state index in [1.165, 1.54) is 0 Å². The van der Waals surface area contributed by atoms with Crippen molar-refractivity contribution < 1.29 is 14.3 Å². The zero-order valence-electron chi connectivity index (χ0n) is 10.8. The molecule has 5 heteroatoms. The van der Waals surface area contributed by atoms with Crippen LogP contribution in [0.25, 0.3) is 0 Å². The Bertz CT molecular complexity index is 472. The van der Waals surface area contributed by atoms with E-state index in [0.29, 0.717) is 24.6 Å². The molecule has 1 fully saturated rings. The molecule has 102 valence electrons. The fraction of sp³-hybridized carbons (Fsp3) is 0.429. The Morgan fingerprint density at radius 2 is 2.11 bits per heavy atom. The van der Waals surface area contributed by atoms with Crippen LogP contribution in [-0.2, 0) is 14.3 Å². The van der Waals surface area contributed by atoms with Gasteiger partial charge >= 0.3 is 5.97 Å². The third kappa shape index (κ3) is 3.47. The van der Waals surface area contributed by atoms with Gasteiger partial charge in [-0.2, -0.15) is 0 Å². The van der Waals surface area contributed by atoms with Crippen LogP contribution in [0.2, 0.25) is 5.02 Å². The molecule has 1 unspecified atom stereocenters. The molecule has 1 saturated heterocycles. The minimum Gasteiger partial charge on any atom is -0.465 e. The lowest BCUT2D eigenvalue weighted by atomic mass is 9.98. The molecular formula is C14H16ClNO3. The normalized spacial score (nSPS) is 18.7. The molecule has 1 atom stereocenters. The molecule has 1 aromatic carbocycles. The zero-order valence-corrected chi connectivity index (χ0v) is 11.5. The maximum absolute atomic E-state index is 11.9. The van der Waals surface area contributed by atoms with Crippen molar-refractivity contribution in [2.45, 2.75) is 19.3 Å². The van der Waals surface area contributed by atoms with E-state index < -0.39 is 0 Å². The molecule has 1 amide bonds. The first-order valence-electron chi connectivity index (χ1n) is 6.29. The van der Waals surface area contributed by atoms with Crippen LogP contribution in [0.3, 0.4) is 0 Å². The first-order chi connectivity index (χ1) is 9.10. The standard InChI is InChI=1S/C14H16ClNO3/c1-2-19-14(18)9-16-8-11(7-13(16)17)10-3-5-12(15)6-4-10/h3-6,11H,2,7-9H2,1H3. The quantitative estimate of drug-likeness (QED) is 0.795. The van der Waals surface area contributed by atoms with E-state index in [1.807, 2.05) is 24.3 Å². The number of benzene rings is 1. The third-order valence-corrected chi connectivity index (χ3v) is 3.43. The van der Waals surface area contributed by atoms with E-state index in [0.717, 1.165) is 5.56 Å². The summed E-state index contributed by atoms with van der Waals surface area (Å²) < 4.78 is 4.86. The molecule has 1 aliphatic heterocycles. The van der Waals surface area contributed by atoms with Gasteiger partial charge in [0.25, 0.3) is 0 Å². The van der Waals surface area contributed by atoms with Crippen molar-refractivity contribution in [2.24, 2.45) is 0 Å². The van der Waals surface area contributed by atoms with Crippen LogP contribution in [0, 0.1) is 0 Å². The summed E-state index contributed by atoms with van der Waals surface area (Å²) in [6.45, 7) is 2.68. The van der Waals surface area contributed by atoms with Gasteiger partial charge in [0.05, 0.1) is 6.61 Å². The molecule has 1 aliphatic rings. The number of carbonyl (C=O) groups excluding carboxylic acids is 2. The topological polar surface area (TPSA) is 46.6 Å². The van der Waals surface area contributed by atoms with Crippen molar-refractivity contribution >= 4 is 23.5 Å². The molecule has 0 saturated carbocycles. The van der Waals surface area contributed by atoms with Crippen molar-refractivity contribution in [3.63, 3.8) is 0 Å². The highest BCUT2D eigenvalue weighted by molar-refractivity contribution is 6.30. The monoisotopic (exact) mass is 281 g/mol. The van der Waals surface area contributed by atoms with Gasteiger partial charge in [0.2, 0.25) is 5.91 Å². The molecule has 19 heavy (non-hydrogen) atoms. The highest BCUT2D eigenvalue weighted by Crippen LogP contribution is 2.28. The summed E-state index contributed by atoms with van der Waals surface area (Å²) in [5.74, 6) is -0.236. The Labute approximate surface area is 117 Å². The van der Waals surface area contributed by atoms with Gasteiger partial charge in [-0.15, -0.1) is 0 Å². The fourth-order valence-electron chi connectivity index (χ4n) is 2.25. The molecule has 0 N–H and O–H groups in total. The van der Waals surface area contributed by atoms with Gasteiger partial charge in [0.1, 0.15) is 6.54 Å². The van der Waals surface area contributed by atoms with Gasteiger partial charge in [-0.05, 0) is 24.6 Å². The maximum Gasteiger partial charge on any atom is 0.325 e. The second kappa shape index (κ2) is 6.06. The Balaban J connectivity index is 1.99. The molecule has 0 aliphatic carbocycles. The Kier molecular flexibility index (Phi) is 4.43. The lowest BCUT2D eigenvalue weighted by Gasteiger charge is -2.15. The molecule has 1 heterocycles. The Morgan fingerprint density at radius 1 is 1.42 bits per heavy atom. The minimum absolute atomic E-state index is 0.00648. The minimum atomic E-state index is -0.354. The Hall–Kier alpha value is -1.55. The smallest absolute Gasteiger partial charge is 0.325 e. The number of halogens is 1. The third-order valence-electron chi connectivity index (χ3n) is 3.18. The number of ether oxygens (including phenoxy) is 1.